The Labute approximate surface area is 150 Å². The molecule has 0 atom stereocenters. The Morgan fingerprint density at radius 3 is 2.17 bits per heavy atom. The van der Waals surface area contributed by atoms with E-state index in [2.05, 4.69) is 15.9 Å². The van der Waals surface area contributed by atoms with Gasteiger partial charge in [-0.2, -0.15) is 0 Å². The van der Waals surface area contributed by atoms with Gasteiger partial charge in [0.15, 0.2) is 11.5 Å². The molecule has 6 heteroatoms. The lowest BCUT2D eigenvalue weighted by molar-refractivity contribution is 0.0986. The Kier molecular flexibility index (Phi) is 6.09. The van der Waals surface area contributed by atoms with E-state index >= 15 is 0 Å². The number of methoxy groups -OCH3 is 3. The molecule has 0 aliphatic carbocycles. The Hall–Kier alpha value is -2.21. The molecule has 0 N–H and O–H groups in total. The van der Waals surface area contributed by atoms with Crippen molar-refractivity contribution in [3.05, 3.63) is 46.4 Å². The van der Waals surface area contributed by atoms with Crippen molar-refractivity contribution in [3.8, 4) is 17.2 Å². The lowest BCUT2D eigenvalue weighted by Crippen LogP contribution is -2.31. The summed E-state index contributed by atoms with van der Waals surface area (Å²) in [5.41, 5.74) is 1.26. The van der Waals surface area contributed by atoms with Gasteiger partial charge in [0.05, 0.1) is 31.4 Å². The molecule has 0 heterocycles. The molecular formula is C18H20BrNO4. The molecule has 0 saturated heterocycles. The number of para-hydroxylation sites is 1. The summed E-state index contributed by atoms with van der Waals surface area (Å²) in [6.45, 7) is 2.46. The Balaban J connectivity index is 2.56. The van der Waals surface area contributed by atoms with Crippen molar-refractivity contribution in [3.63, 3.8) is 0 Å². The van der Waals surface area contributed by atoms with Crippen LogP contribution in [0, 0.1) is 0 Å². The maximum atomic E-state index is 13.1. The molecule has 24 heavy (non-hydrogen) atoms. The van der Waals surface area contributed by atoms with Crippen molar-refractivity contribution in [2.75, 3.05) is 32.8 Å². The van der Waals surface area contributed by atoms with Crippen molar-refractivity contribution in [2.45, 2.75) is 6.92 Å². The molecule has 0 aliphatic heterocycles. The highest BCUT2D eigenvalue weighted by molar-refractivity contribution is 9.10. The highest BCUT2D eigenvalue weighted by Crippen LogP contribution is 2.45. The van der Waals surface area contributed by atoms with Crippen molar-refractivity contribution in [1.29, 1.82) is 0 Å². The number of hydrogen-bond acceptors (Lipinski definition) is 4. The van der Waals surface area contributed by atoms with Crippen molar-refractivity contribution < 1.29 is 19.0 Å². The average molecular weight is 394 g/mol. The molecule has 0 aliphatic rings. The molecule has 1 amide bonds. The van der Waals surface area contributed by atoms with E-state index in [1.807, 2.05) is 37.3 Å². The van der Waals surface area contributed by atoms with Crippen LogP contribution in [-0.4, -0.2) is 33.8 Å². The van der Waals surface area contributed by atoms with Crippen LogP contribution in [0.5, 0.6) is 17.2 Å². The van der Waals surface area contributed by atoms with E-state index < -0.39 is 0 Å². The fraction of sp³-hybridized carbons (Fsp3) is 0.278. The number of benzene rings is 2. The molecule has 0 fully saturated rings. The number of hydrogen-bond donors (Lipinski definition) is 0. The molecule has 5 nitrogen and oxygen atoms in total. The van der Waals surface area contributed by atoms with Gasteiger partial charge in [0.2, 0.25) is 5.75 Å². The fourth-order valence-corrected chi connectivity index (χ4v) is 3.10. The second kappa shape index (κ2) is 8.06. The minimum absolute atomic E-state index is 0.158. The monoisotopic (exact) mass is 393 g/mol. The van der Waals surface area contributed by atoms with Crippen LogP contribution in [0.2, 0.25) is 0 Å². The molecular weight excluding hydrogens is 374 g/mol. The molecule has 0 bridgehead atoms. The maximum Gasteiger partial charge on any atom is 0.259 e. The minimum atomic E-state index is -0.158. The van der Waals surface area contributed by atoms with Crippen molar-refractivity contribution in [1.82, 2.24) is 0 Å². The van der Waals surface area contributed by atoms with Gasteiger partial charge in [0, 0.05) is 12.2 Å². The quantitative estimate of drug-likeness (QED) is 0.739. The predicted octanol–water partition coefficient (Wildman–Crippen LogP) is 4.14. The third-order valence-electron chi connectivity index (χ3n) is 3.63. The van der Waals surface area contributed by atoms with Crippen LogP contribution < -0.4 is 19.1 Å². The lowest BCUT2D eigenvalue weighted by atomic mass is 10.1. The van der Waals surface area contributed by atoms with Crippen LogP contribution >= 0.6 is 15.9 Å². The molecule has 128 valence electrons. The number of ether oxygens (including phenoxy) is 3. The van der Waals surface area contributed by atoms with E-state index in [1.54, 1.807) is 11.0 Å². The third-order valence-corrected chi connectivity index (χ3v) is 4.42. The highest BCUT2D eigenvalue weighted by atomic mass is 79.9. The molecule has 2 aromatic carbocycles. The summed E-state index contributed by atoms with van der Waals surface area (Å²) in [6, 6.07) is 11.2. The van der Waals surface area contributed by atoms with Crippen molar-refractivity contribution >= 4 is 27.5 Å². The zero-order valence-electron chi connectivity index (χ0n) is 14.1. The summed E-state index contributed by atoms with van der Waals surface area (Å²) in [5.74, 6) is 1.13. The average Bonchev–Trinajstić information content (AvgIpc) is 2.62. The topological polar surface area (TPSA) is 48.0 Å². The maximum absolute atomic E-state index is 13.1. The van der Waals surface area contributed by atoms with Crippen LogP contribution in [0.1, 0.15) is 17.3 Å². The molecule has 0 aromatic heterocycles. The van der Waals surface area contributed by atoms with Gasteiger partial charge in [-0.15, -0.1) is 0 Å². The number of amides is 1. The van der Waals surface area contributed by atoms with Gasteiger partial charge in [-0.05, 0) is 41.1 Å². The molecule has 2 aromatic rings. The first-order valence-corrected chi connectivity index (χ1v) is 8.23. The highest BCUT2D eigenvalue weighted by Gasteiger charge is 2.26. The third kappa shape index (κ3) is 3.33. The van der Waals surface area contributed by atoms with Crippen molar-refractivity contribution in [2.24, 2.45) is 0 Å². The van der Waals surface area contributed by atoms with Gasteiger partial charge in [-0.1, -0.05) is 18.2 Å². The fourth-order valence-electron chi connectivity index (χ4n) is 2.47. The SMILES string of the molecule is CCN(C(=O)c1cc(OC)c(OC)c(OC)c1Br)c1ccccc1. The molecule has 0 unspecified atom stereocenters. The van der Waals surface area contributed by atoms with Gasteiger partial charge in [0.1, 0.15) is 0 Å². The number of rotatable bonds is 6. The lowest BCUT2D eigenvalue weighted by Gasteiger charge is -2.23. The van der Waals surface area contributed by atoms with E-state index in [0.29, 0.717) is 33.8 Å². The van der Waals surface area contributed by atoms with Gasteiger partial charge >= 0.3 is 0 Å². The standard InChI is InChI=1S/C18H20BrNO4/c1-5-20(12-9-7-6-8-10-12)18(21)13-11-14(22-2)16(23-3)17(24-4)15(13)19/h6-11H,5H2,1-4H3. The number of halogens is 1. The van der Waals surface area contributed by atoms with E-state index in [-0.39, 0.29) is 5.91 Å². The zero-order valence-corrected chi connectivity index (χ0v) is 15.7. The van der Waals surface area contributed by atoms with Gasteiger partial charge < -0.3 is 19.1 Å². The molecule has 0 spiro atoms. The second-order valence-electron chi connectivity index (χ2n) is 4.89. The first-order chi connectivity index (χ1) is 11.6. The summed E-state index contributed by atoms with van der Waals surface area (Å²) < 4.78 is 16.6. The molecule has 2 rings (SSSR count). The Bertz CT molecular complexity index is 719. The van der Waals surface area contributed by atoms with Gasteiger partial charge in [0.25, 0.3) is 5.91 Å². The van der Waals surface area contributed by atoms with Crippen LogP contribution in [0.3, 0.4) is 0 Å². The van der Waals surface area contributed by atoms with Crippen LogP contribution in [0.25, 0.3) is 0 Å². The summed E-state index contributed by atoms with van der Waals surface area (Å²) in [5, 5.41) is 0. The minimum Gasteiger partial charge on any atom is -0.493 e. The summed E-state index contributed by atoms with van der Waals surface area (Å²) in [6.07, 6.45) is 0. The number of carbonyl (C=O) groups excluding carboxylic acids is 1. The smallest absolute Gasteiger partial charge is 0.259 e. The molecule has 0 radical (unpaired) electrons. The number of anilines is 1. The first-order valence-electron chi connectivity index (χ1n) is 7.44. The van der Waals surface area contributed by atoms with Crippen LogP contribution in [-0.2, 0) is 0 Å². The van der Waals surface area contributed by atoms with Crippen LogP contribution in [0.15, 0.2) is 40.9 Å². The number of carbonyl (C=O) groups is 1. The summed E-state index contributed by atoms with van der Waals surface area (Å²) in [7, 11) is 4.57. The first kappa shape index (κ1) is 18.1. The summed E-state index contributed by atoms with van der Waals surface area (Å²) in [4.78, 5) is 14.8. The van der Waals surface area contributed by atoms with E-state index in [0.717, 1.165) is 5.69 Å². The largest absolute Gasteiger partial charge is 0.493 e. The number of nitrogens with zero attached hydrogens (tertiary/aromatic N) is 1. The van der Waals surface area contributed by atoms with Gasteiger partial charge in [-0.25, -0.2) is 0 Å². The van der Waals surface area contributed by atoms with E-state index in [1.165, 1.54) is 21.3 Å². The van der Waals surface area contributed by atoms with E-state index in [4.69, 9.17) is 14.2 Å². The normalized spacial score (nSPS) is 10.2. The predicted molar refractivity (Wildman–Crippen MR) is 97.6 cm³/mol. The van der Waals surface area contributed by atoms with Gasteiger partial charge in [-0.3, -0.25) is 4.79 Å². The Morgan fingerprint density at radius 1 is 1.04 bits per heavy atom. The Morgan fingerprint density at radius 2 is 1.67 bits per heavy atom. The zero-order chi connectivity index (χ0) is 17.7. The van der Waals surface area contributed by atoms with Crippen LogP contribution in [0.4, 0.5) is 5.69 Å². The second-order valence-corrected chi connectivity index (χ2v) is 5.68. The summed E-state index contributed by atoms with van der Waals surface area (Å²) >= 11 is 3.46. The molecule has 0 saturated carbocycles. The van der Waals surface area contributed by atoms with E-state index in [9.17, 15) is 4.79 Å².